The molecule has 0 atom stereocenters. The zero-order chi connectivity index (χ0) is 17.9. The Bertz CT molecular complexity index is 812. The number of carbonyl (C=O) groups is 2. The third-order valence-corrected chi connectivity index (χ3v) is 5.11. The average Bonchev–Trinajstić information content (AvgIpc) is 3.18. The van der Waals surface area contributed by atoms with E-state index in [1.54, 1.807) is 17.0 Å². The summed E-state index contributed by atoms with van der Waals surface area (Å²) in [5.41, 5.74) is 1.43. The number of rotatable bonds is 4. The number of fused-ring (bicyclic) bond motifs is 1. The number of nitrogens with zero attached hydrogens (tertiary/aromatic N) is 4. The van der Waals surface area contributed by atoms with Crippen molar-refractivity contribution in [2.24, 2.45) is 0 Å². The van der Waals surface area contributed by atoms with Crippen LogP contribution in [0.25, 0.3) is 0 Å². The second kappa shape index (κ2) is 7.27. The maximum Gasteiger partial charge on any atom is 0.251 e. The Balaban J connectivity index is 1.39. The first kappa shape index (κ1) is 16.8. The summed E-state index contributed by atoms with van der Waals surface area (Å²) in [6, 6.07) is 7.20. The van der Waals surface area contributed by atoms with E-state index in [1.807, 2.05) is 12.1 Å². The summed E-state index contributed by atoms with van der Waals surface area (Å²) in [5, 5.41) is 11.4. The molecule has 1 N–H and O–H groups in total. The minimum absolute atomic E-state index is 0.143. The Hall–Kier alpha value is -2.70. The van der Waals surface area contributed by atoms with Gasteiger partial charge in [-0.1, -0.05) is 6.42 Å². The van der Waals surface area contributed by atoms with Gasteiger partial charge in [-0.3, -0.25) is 9.59 Å². The largest absolute Gasteiger partial charge is 0.345 e. The summed E-state index contributed by atoms with van der Waals surface area (Å²) in [7, 11) is 0. The summed E-state index contributed by atoms with van der Waals surface area (Å²) in [6.45, 7) is 2.05. The highest BCUT2D eigenvalue weighted by Crippen LogP contribution is 2.21. The lowest BCUT2D eigenvalue weighted by molar-refractivity contribution is -0.117. The fourth-order valence-electron chi connectivity index (χ4n) is 3.65. The molecule has 7 nitrogen and oxygen atoms in total. The van der Waals surface area contributed by atoms with Crippen molar-refractivity contribution in [2.45, 2.75) is 51.6 Å². The van der Waals surface area contributed by atoms with Gasteiger partial charge in [0.15, 0.2) is 5.82 Å². The monoisotopic (exact) mass is 353 g/mol. The lowest BCUT2D eigenvalue weighted by atomic mass is 10.2. The molecule has 3 heterocycles. The van der Waals surface area contributed by atoms with E-state index in [0.717, 1.165) is 56.1 Å². The molecular weight excluding hydrogens is 330 g/mol. The molecule has 1 aromatic heterocycles. The third-order valence-electron chi connectivity index (χ3n) is 5.11. The van der Waals surface area contributed by atoms with Crippen molar-refractivity contribution in [3.8, 4) is 0 Å². The summed E-state index contributed by atoms with van der Waals surface area (Å²) in [6.07, 6.45) is 5.94. The van der Waals surface area contributed by atoms with Crippen molar-refractivity contribution in [1.82, 2.24) is 20.1 Å². The van der Waals surface area contributed by atoms with E-state index in [9.17, 15) is 9.59 Å². The van der Waals surface area contributed by atoms with Crippen LogP contribution in [0.5, 0.6) is 0 Å². The zero-order valence-corrected chi connectivity index (χ0v) is 14.8. The maximum atomic E-state index is 12.4. The topological polar surface area (TPSA) is 80.1 Å². The van der Waals surface area contributed by atoms with Gasteiger partial charge in [-0.15, -0.1) is 10.2 Å². The highest BCUT2D eigenvalue weighted by atomic mass is 16.2. The SMILES string of the molecule is O=C(NCc1nnc2n1CCCCC2)c1ccc(N2CCCC2=O)cc1. The lowest BCUT2D eigenvalue weighted by Crippen LogP contribution is -2.26. The van der Waals surface area contributed by atoms with Crippen molar-refractivity contribution in [3.63, 3.8) is 0 Å². The molecule has 0 unspecified atom stereocenters. The van der Waals surface area contributed by atoms with Gasteiger partial charge in [0.05, 0.1) is 6.54 Å². The normalized spacial score (nSPS) is 17.1. The molecular formula is C19H23N5O2. The van der Waals surface area contributed by atoms with E-state index in [-0.39, 0.29) is 11.8 Å². The number of hydrogen-bond acceptors (Lipinski definition) is 4. The van der Waals surface area contributed by atoms with E-state index < -0.39 is 0 Å². The molecule has 2 amide bonds. The predicted octanol–water partition coefficient (Wildman–Crippen LogP) is 2.06. The van der Waals surface area contributed by atoms with Crippen LogP contribution in [0.15, 0.2) is 24.3 Å². The smallest absolute Gasteiger partial charge is 0.251 e. The first-order valence-electron chi connectivity index (χ1n) is 9.32. The molecule has 0 saturated carbocycles. The number of aryl methyl sites for hydroxylation is 1. The van der Waals surface area contributed by atoms with E-state index in [0.29, 0.717) is 18.5 Å². The van der Waals surface area contributed by atoms with Crippen molar-refractivity contribution < 1.29 is 9.59 Å². The molecule has 26 heavy (non-hydrogen) atoms. The van der Waals surface area contributed by atoms with Gasteiger partial charge < -0.3 is 14.8 Å². The van der Waals surface area contributed by atoms with Gasteiger partial charge in [-0.2, -0.15) is 0 Å². The molecule has 136 valence electrons. The Morgan fingerprint density at radius 2 is 1.85 bits per heavy atom. The molecule has 2 aliphatic heterocycles. The first-order chi connectivity index (χ1) is 12.7. The molecule has 4 rings (SSSR count). The van der Waals surface area contributed by atoms with Gasteiger partial charge >= 0.3 is 0 Å². The summed E-state index contributed by atoms with van der Waals surface area (Å²) in [4.78, 5) is 26.0. The molecule has 0 bridgehead atoms. The summed E-state index contributed by atoms with van der Waals surface area (Å²) in [5.74, 6) is 1.84. The second-order valence-electron chi connectivity index (χ2n) is 6.87. The molecule has 2 aliphatic rings. The van der Waals surface area contributed by atoms with Crippen LogP contribution in [0.3, 0.4) is 0 Å². The molecule has 1 aromatic carbocycles. The van der Waals surface area contributed by atoms with Gasteiger partial charge in [-0.25, -0.2) is 0 Å². The summed E-state index contributed by atoms with van der Waals surface area (Å²) >= 11 is 0. The molecule has 0 spiro atoms. The van der Waals surface area contributed by atoms with Crippen LogP contribution in [0.1, 0.15) is 54.1 Å². The Morgan fingerprint density at radius 3 is 2.62 bits per heavy atom. The van der Waals surface area contributed by atoms with Crippen LogP contribution < -0.4 is 10.2 Å². The van der Waals surface area contributed by atoms with Gasteiger partial charge in [0.25, 0.3) is 5.91 Å². The van der Waals surface area contributed by atoms with Crippen LogP contribution in [-0.4, -0.2) is 33.1 Å². The lowest BCUT2D eigenvalue weighted by Gasteiger charge is -2.15. The molecule has 1 fully saturated rings. The number of carbonyl (C=O) groups excluding carboxylic acids is 2. The van der Waals surface area contributed by atoms with Crippen LogP contribution in [0.2, 0.25) is 0 Å². The van der Waals surface area contributed by atoms with Crippen molar-refractivity contribution in [3.05, 3.63) is 41.5 Å². The number of nitrogens with one attached hydrogen (secondary N) is 1. The van der Waals surface area contributed by atoms with Gasteiger partial charge in [-0.05, 0) is 43.5 Å². The minimum atomic E-state index is -0.143. The van der Waals surface area contributed by atoms with Crippen LogP contribution >= 0.6 is 0 Å². The third kappa shape index (κ3) is 3.34. The quantitative estimate of drug-likeness (QED) is 0.912. The Morgan fingerprint density at radius 1 is 1.00 bits per heavy atom. The molecule has 0 radical (unpaired) electrons. The molecule has 2 aromatic rings. The van der Waals surface area contributed by atoms with Crippen LogP contribution in [0.4, 0.5) is 5.69 Å². The molecule has 0 aliphatic carbocycles. The van der Waals surface area contributed by atoms with Crippen LogP contribution in [0, 0.1) is 0 Å². The summed E-state index contributed by atoms with van der Waals surface area (Å²) < 4.78 is 2.13. The second-order valence-corrected chi connectivity index (χ2v) is 6.87. The number of aromatic nitrogens is 3. The van der Waals surface area contributed by atoms with Gasteiger partial charge in [0.2, 0.25) is 5.91 Å². The van der Waals surface area contributed by atoms with E-state index in [4.69, 9.17) is 0 Å². The van der Waals surface area contributed by atoms with Gasteiger partial charge in [0, 0.05) is 37.2 Å². The number of hydrogen-bond donors (Lipinski definition) is 1. The van der Waals surface area contributed by atoms with E-state index in [2.05, 4.69) is 20.1 Å². The van der Waals surface area contributed by atoms with Crippen molar-refractivity contribution >= 4 is 17.5 Å². The van der Waals surface area contributed by atoms with Crippen molar-refractivity contribution in [2.75, 3.05) is 11.4 Å². The number of anilines is 1. The minimum Gasteiger partial charge on any atom is -0.345 e. The highest BCUT2D eigenvalue weighted by Gasteiger charge is 2.22. The van der Waals surface area contributed by atoms with Crippen molar-refractivity contribution in [1.29, 1.82) is 0 Å². The fraction of sp³-hybridized carbons (Fsp3) is 0.474. The standard InChI is InChI=1S/C19H23N5O2/c25-18-6-4-12-23(18)15-9-7-14(8-10-15)19(26)20-13-17-22-21-16-5-2-1-3-11-24(16)17/h7-10H,1-6,11-13H2,(H,20,26). The van der Waals surface area contributed by atoms with E-state index >= 15 is 0 Å². The number of benzene rings is 1. The fourth-order valence-corrected chi connectivity index (χ4v) is 3.65. The molecule has 1 saturated heterocycles. The van der Waals surface area contributed by atoms with E-state index in [1.165, 1.54) is 6.42 Å². The predicted molar refractivity (Wildman–Crippen MR) is 96.8 cm³/mol. The van der Waals surface area contributed by atoms with Crippen LogP contribution in [-0.2, 0) is 24.3 Å². The maximum absolute atomic E-state index is 12.4. The molecule has 7 heteroatoms. The highest BCUT2D eigenvalue weighted by molar-refractivity contribution is 5.97. The zero-order valence-electron chi connectivity index (χ0n) is 14.8. The van der Waals surface area contributed by atoms with Gasteiger partial charge in [0.1, 0.15) is 5.82 Å². The first-order valence-corrected chi connectivity index (χ1v) is 9.32. The number of amides is 2. The average molecular weight is 353 g/mol. The Kier molecular flexibility index (Phi) is 4.69. The Labute approximate surface area is 152 Å².